The quantitative estimate of drug-likeness (QED) is 0.537. The summed E-state index contributed by atoms with van der Waals surface area (Å²) in [6, 6.07) is 10.8. The second kappa shape index (κ2) is 12.4. The average molecular weight is 537 g/mol. The van der Waals surface area contributed by atoms with Crippen molar-refractivity contribution in [2.75, 3.05) is 45.9 Å². The van der Waals surface area contributed by atoms with Crippen LogP contribution in [0.15, 0.2) is 53.7 Å². The van der Waals surface area contributed by atoms with Crippen LogP contribution < -0.4 is 5.32 Å². The van der Waals surface area contributed by atoms with Gasteiger partial charge in [0.05, 0.1) is 18.2 Å². The molecule has 9 heteroatoms. The third-order valence-electron chi connectivity index (χ3n) is 7.31. The molecule has 1 fully saturated rings. The molecule has 2 aliphatic rings. The smallest absolute Gasteiger partial charge is 0.338 e. The van der Waals surface area contributed by atoms with Gasteiger partial charge in [-0.25, -0.2) is 14.0 Å². The zero-order valence-electron chi connectivity index (χ0n) is 23.1. The van der Waals surface area contributed by atoms with Crippen LogP contribution >= 0.6 is 0 Å². The van der Waals surface area contributed by atoms with Crippen molar-refractivity contribution in [3.05, 3.63) is 81.8 Å². The lowest BCUT2D eigenvalue weighted by Gasteiger charge is -2.38. The van der Waals surface area contributed by atoms with Crippen LogP contribution in [0.4, 0.5) is 9.18 Å². The number of ether oxygens (including phenoxy) is 1. The lowest BCUT2D eigenvalue weighted by atomic mass is 9.90. The van der Waals surface area contributed by atoms with Crippen LogP contribution in [0.2, 0.25) is 0 Å². The number of hydrogen-bond acceptors (Lipinski definition) is 5. The van der Waals surface area contributed by atoms with E-state index in [1.807, 2.05) is 39.0 Å². The number of hydrogen-bond donors (Lipinski definition) is 1. The highest BCUT2D eigenvalue weighted by molar-refractivity contribution is 5.95. The number of urea groups is 1. The highest BCUT2D eigenvalue weighted by Crippen LogP contribution is 2.34. The molecule has 0 saturated carbocycles. The van der Waals surface area contributed by atoms with E-state index in [-0.39, 0.29) is 18.5 Å². The average Bonchev–Trinajstić information content (AvgIpc) is 3.14. The summed E-state index contributed by atoms with van der Waals surface area (Å²) in [7, 11) is 0. The van der Waals surface area contributed by atoms with Gasteiger partial charge in [-0.2, -0.15) is 0 Å². The third-order valence-corrected chi connectivity index (χ3v) is 7.31. The van der Waals surface area contributed by atoms with Crippen molar-refractivity contribution in [3.8, 4) is 0 Å². The van der Waals surface area contributed by atoms with Gasteiger partial charge >= 0.3 is 12.0 Å². The van der Waals surface area contributed by atoms with E-state index in [1.54, 1.807) is 22.8 Å². The van der Waals surface area contributed by atoms with Gasteiger partial charge < -0.3 is 15.0 Å². The minimum Gasteiger partial charge on any atom is -0.463 e. The molecule has 3 amide bonds. The molecule has 1 saturated heterocycles. The molecule has 4 rings (SSSR count). The molecule has 1 N–H and O–H groups in total. The number of amides is 3. The van der Waals surface area contributed by atoms with E-state index < -0.39 is 17.8 Å². The summed E-state index contributed by atoms with van der Waals surface area (Å²) in [6.07, 6.45) is 0.710. The van der Waals surface area contributed by atoms with Gasteiger partial charge in [0.25, 0.3) is 5.91 Å². The van der Waals surface area contributed by atoms with Gasteiger partial charge in [0.1, 0.15) is 5.82 Å². The summed E-state index contributed by atoms with van der Waals surface area (Å²) in [4.78, 5) is 45.2. The van der Waals surface area contributed by atoms with Gasteiger partial charge in [-0.1, -0.05) is 29.8 Å². The molecule has 2 aromatic carbocycles. The summed E-state index contributed by atoms with van der Waals surface area (Å²) >= 11 is 0. The van der Waals surface area contributed by atoms with Crippen LogP contribution in [-0.4, -0.2) is 78.5 Å². The summed E-state index contributed by atoms with van der Waals surface area (Å²) in [5.74, 6) is -1.09. The fourth-order valence-electron chi connectivity index (χ4n) is 5.39. The SMILES string of the molecule is CCOC(=O)C1=C(CN2CCCN(C(=O)c3cccc(F)c3)CC2)N(CC)C(=O)NC1c1ccc(C)cc1C. The Kier molecular flexibility index (Phi) is 9.01. The Morgan fingerprint density at radius 2 is 1.85 bits per heavy atom. The number of benzene rings is 2. The van der Waals surface area contributed by atoms with Gasteiger partial charge in [-0.15, -0.1) is 0 Å². The minimum atomic E-state index is -0.631. The maximum atomic E-state index is 13.7. The van der Waals surface area contributed by atoms with Crippen molar-refractivity contribution in [2.45, 2.75) is 40.2 Å². The van der Waals surface area contributed by atoms with Crippen LogP contribution in [0.25, 0.3) is 0 Å². The molecule has 0 aliphatic carbocycles. The molecule has 8 nitrogen and oxygen atoms in total. The predicted octanol–water partition coefficient (Wildman–Crippen LogP) is 4.19. The molecule has 0 aromatic heterocycles. The van der Waals surface area contributed by atoms with Gasteiger partial charge in [-0.05, 0) is 63.4 Å². The van der Waals surface area contributed by atoms with Crippen molar-refractivity contribution >= 4 is 17.9 Å². The lowest BCUT2D eigenvalue weighted by molar-refractivity contribution is -0.139. The number of likely N-dealkylation sites (N-methyl/N-ethyl adjacent to an activating group) is 1. The Labute approximate surface area is 229 Å². The van der Waals surface area contributed by atoms with E-state index in [1.165, 1.54) is 18.2 Å². The van der Waals surface area contributed by atoms with Gasteiger partial charge in [0.15, 0.2) is 0 Å². The zero-order chi connectivity index (χ0) is 28.1. The third kappa shape index (κ3) is 6.30. The fourth-order valence-corrected chi connectivity index (χ4v) is 5.39. The summed E-state index contributed by atoms with van der Waals surface area (Å²) < 4.78 is 19.2. The Morgan fingerprint density at radius 1 is 1.05 bits per heavy atom. The lowest BCUT2D eigenvalue weighted by Crippen LogP contribution is -2.51. The monoisotopic (exact) mass is 536 g/mol. The number of nitrogens with zero attached hydrogens (tertiary/aromatic N) is 3. The van der Waals surface area contributed by atoms with E-state index in [9.17, 15) is 18.8 Å². The maximum absolute atomic E-state index is 13.7. The Hall–Kier alpha value is -3.72. The Morgan fingerprint density at radius 3 is 2.54 bits per heavy atom. The molecular formula is C30H37FN4O4. The van der Waals surface area contributed by atoms with Crippen LogP contribution in [0.3, 0.4) is 0 Å². The largest absolute Gasteiger partial charge is 0.463 e. The molecule has 2 aromatic rings. The number of rotatable bonds is 7. The van der Waals surface area contributed by atoms with Crippen molar-refractivity contribution in [3.63, 3.8) is 0 Å². The standard InChI is InChI=1S/C30H37FN4O4/c1-5-35-25(19-33-13-8-14-34(16-15-33)28(36)22-9-7-10-23(31)18-22)26(29(37)39-6-2)27(32-30(35)38)24-12-11-20(3)17-21(24)4/h7,9-12,17-18,27H,5-6,8,13-16,19H2,1-4H3,(H,32,38). The van der Waals surface area contributed by atoms with E-state index in [4.69, 9.17) is 4.74 Å². The van der Waals surface area contributed by atoms with Crippen LogP contribution in [0, 0.1) is 19.7 Å². The number of nitrogens with one attached hydrogen (secondary N) is 1. The topological polar surface area (TPSA) is 82.2 Å². The summed E-state index contributed by atoms with van der Waals surface area (Å²) in [5, 5.41) is 3.03. The molecule has 2 heterocycles. The van der Waals surface area contributed by atoms with Crippen molar-refractivity contribution in [2.24, 2.45) is 0 Å². The predicted molar refractivity (Wildman–Crippen MR) is 147 cm³/mol. The first kappa shape index (κ1) is 28.3. The summed E-state index contributed by atoms with van der Waals surface area (Å²) in [6.45, 7) is 10.8. The first-order chi connectivity index (χ1) is 18.7. The second-order valence-corrected chi connectivity index (χ2v) is 10.00. The molecule has 208 valence electrons. The van der Waals surface area contributed by atoms with E-state index in [0.29, 0.717) is 62.5 Å². The Balaban J connectivity index is 1.64. The molecule has 0 radical (unpaired) electrons. The Bertz CT molecular complexity index is 1280. The van der Waals surface area contributed by atoms with E-state index in [0.717, 1.165) is 16.7 Å². The van der Waals surface area contributed by atoms with Crippen molar-refractivity contribution in [1.29, 1.82) is 0 Å². The first-order valence-electron chi connectivity index (χ1n) is 13.6. The number of halogens is 1. The van der Waals surface area contributed by atoms with Gasteiger partial charge in [0, 0.05) is 50.5 Å². The molecule has 39 heavy (non-hydrogen) atoms. The zero-order valence-corrected chi connectivity index (χ0v) is 23.1. The molecular weight excluding hydrogens is 499 g/mol. The molecule has 0 bridgehead atoms. The minimum absolute atomic E-state index is 0.204. The number of aryl methyl sites for hydroxylation is 2. The van der Waals surface area contributed by atoms with Gasteiger partial charge in [0.2, 0.25) is 0 Å². The first-order valence-corrected chi connectivity index (χ1v) is 13.6. The van der Waals surface area contributed by atoms with Crippen LogP contribution in [0.1, 0.15) is 53.4 Å². The number of carbonyl (C=O) groups is 3. The molecule has 1 unspecified atom stereocenters. The van der Waals surface area contributed by atoms with E-state index >= 15 is 0 Å². The normalized spacial score (nSPS) is 18.6. The number of esters is 1. The summed E-state index contributed by atoms with van der Waals surface area (Å²) in [5.41, 5.74) is 4.31. The number of carbonyl (C=O) groups excluding carboxylic acids is 3. The maximum Gasteiger partial charge on any atom is 0.338 e. The highest BCUT2D eigenvalue weighted by atomic mass is 19.1. The second-order valence-electron chi connectivity index (χ2n) is 10.00. The van der Waals surface area contributed by atoms with Crippen molar-refractivity contribution in [1.82, 2.24) is 20.0 Å². The van der Waals surface area contributed by atoms with Gasteiger partial charge in [-0.3, -0.25) is 14.6 Å². The van der Waals surface area contributed by atoms with Crippen LogP contribution in [0.5, 0.6) is 0 Å². The van der Waals surface area contributed by atoms with E-state index in [2.05, 4.69) is 10.2 Å². The molecule has 2 aliphatic heterocycles. The molecule has 1 atom stereocenters. The van der Waals surface area contributed by atoms with Crippen LogP contribution in [-0.2, 0) is 9.53 Å². The fraction of sp³-hybridized carbons (Fsp3) is 0.433. The van der Waals surface area contributed by atoms with Crippen molar-refractivity contribution < 1.29 is 23.5 Å². The highest BCUT2D eigenvalue weighted by Gasteiger charge is 2.39. The molecule has 0 spiro atoms.